The van der Waals surface area contributed by atoms with Gasteiger partial charge in [0, 0.05) is 140 Å². The number of aliphatic hydroxyl groups is 5. The van der Waals surface area contributed by atoms with Crippen LogP contribution in [-0.4, -0.2) is 151 Å². The van der Waals surface area contributed by atoms with Gasteiger partial charge in [0.1, 0.15) is 37.2 Å². The van der Waals surface area contributed by atoms with Crippen LogP contribution in [-0.2, 0) is 19.0 Å². The van der Waals surface area contributed by atoms with Crippen molar-refractivity contribution in [1.29, 1.82) is 0 Å². The predicted octanol–water partition coefficient (Wildman–Crippen LogP) is 19.0. The van der Waals surface area contributed by atoms with Crippen molar-refractivity contribution in [3.8, 4) is 5.75 Å². The maximum absolute atomic E-state index is 13.2. The molecule has 12 aromatic rings. The summed E-state index contributed by atoms with van der Waals surface area (Å²) in [4.78, 5) is 100. The third-order valence-electron chi connectivity index (χ3n) is 24.2. The van der Waals surface area contributed by atoms with Gasteiger partial charge in [-0.2, -0.15) is 13.2 Å². The Hall–Kier alpha value is -11.5. The molecule has 5 atom stereocenters. The maximum Gasteiger partial charge on any atom is 0.416 e. The van der Waals surface area contributed by atoms with Crippen LogP contribution in [0.15, 0.2) is 212 Å². The monoisotopic (exact) mass is 1750 g/mol. The number of amidine groups is 5. The maximum atomic E-state index is 13.2. The Balaban J connectivity index is 0.000000105. The minimum atomic E-state index is -4.54. The summed E-state index contributed by atoms with van der Waals surface area (Å²) in [6.07, 6.45) is 0.374. The van der Waals surface area contributed by atoms with Gasteiger partial charge in [0.25, 0.3) is 0 Å². The van der Waals surface area contributed by atoms with Gasteiger partial charge in [0.15, 0.2) is 51.3 Å². The number of rotatable bonds is 8. The number of fused-ring (bicyclic) bond motifs is 13. The number of methoxy groups -OCH3 is 1. The molecule has 0 radical (unpaired) electrons. The number of ketones is 5. The first kappa shape index (κ1) is 82.5. The summed E-state index contributed by atoms with van der Waals surface area (Å²) in [7, 11) is 1.62. The lowest BCUT2D eigenvalue weighted by Gasteiger charge is -2.30. The minimum absolute atomic E-state index is 0.0255. The average molecular weight is 1750 g/mol. The number of thiophene rings is 4. The highest BCUT2D eigenvalue weighted by atomic mass is 35.5. The van der Waals surface area contributed by atoms with Gasteiger partial charge >= 0.3 is 6.18 Å². The van der Waals surface area contributed by atoms with Gasteiger partial charge in [0.05, 0.1) is 46.9 Å². The van der Waals surface area contributed by atoms with Crippen molar-refractivity contribution in [2.45, 2.75) is 121 Å². The lowest BCUT2D eigenvalue weighted by atomic mass is 9.86. The lowest BCUT2D eigenvalue weighted by Crippen LogP contribution is -2.48. The molecule has 15 heterocycles. The van der Waals surface area contributed by atoms with Gasteiger partial charge in [-0.25, -0.2) is 25.0 Å². The zero-order chi connectivity index (χ0) is 86.3. The van der Waals surface area contributed by atoms with Gasteiger partial charge < -0.3 is 59.2 Å². The third kappa shape index (κ3) is 13.9. The molecule has 626 valence electrons. The average Bonchev–Trinajstić information content (AvgIpc) is 1.61. The van der Waals surface area contributed by atoms with E-state index in [1.165, 1.54) is 58.3 Å². The van der Waals surface area contributed by atoms with E-state index in [0.717, 1.165) is 99.9 Å². The van der Waals surface area contributed by atoms with E-state index >= 15 is 0 Å². The Morgan fingerprint density at radius 2 is 0.886 bits per heavy atom. The second kappa shape index (κ2) is 31.1. The van der Waals surface area contributed by atoms with E-state index in [9.17, 15) is 62.7 Å². The molecule has 22 rings (SSSR count). The van der Waals surface area contributed by atoms with Crippen LogP contribution in [0.4, 0.5) is 67.3 Å². The van der Waals surface area contributed by atoms with Crippen LogP contribution in [0.1, 0.15) is 135 Å². The van der Waals surface area contributed by atoms with Crippen LogP contribution >= 0.6 is 56.9 Å². The summed E-state index contributed by atoms with van der Waals surface area (Å²) in [5.74, 6) is 1.09. The Morgan fingerprint density at radius 3 is 1.40 bits per heavy atom. The van der Waals surface area contributed by atoms with Crippen LogP contribution in [0.3, 0.4) is 0 Å². The van der Waals surface area contributed by atoms with E-state index in [1.54, 1.807) is 30.4 Å². The molecule has 10 aliphatic rings. The zero-order valence-corrected chi connectivity index (χ0v) is 71.5. The van der Waals surface area contributed by atoms with Crippen LogP contribution < -0.4 is 29.2 Å². The van der Waals surface area contributed by atoms with Crippen molar-refractivity contribution in [3.63, 3.8) is 0 Å². The number of hydrogen-bond donors (Lipinski definition) is 5. The number of carbonyl (C=O) groups is 5. The number of alkyl halides is 3. The first-order valence-electron chi connectivity index (χ1n) is 40.1. The number of anilines is 5. The van der Waals surface area contributed by atoms with Crippen molar-refractivity contribution >= 4 is 190 Å². The number of aliphatic imine (C=N–C) groups is 5. The first-order chi connectivity index (χ1) is 58.9. The molecule has 0 bridgehead atoms. The van der Waals surface area contributed by atoms with Crippen LogP contribution in [0.5, 0.6) is 5.75 Å². The summed E-state index contributed by atoms with van der Waals surface area (Å²) in [5.41, 5.74) is 0.509. The quantitative estimate of drug-likeness (QED) is 0.0945. The highest BCUT2D eigenvalue weighted by Gasteiger charge is 2.58. The third-order valence-corrected chi connectivity index (χ3v) is 29.0. The number of nitrogens with zero attached hydrogens (tertiary/aromatic N) is 10. The molecule has 5 aromatic heterocycles. The largest absolute Gasteiger partial charge is 0.497 e. The molecule has 0 unspecified atom stereocenters. The van der Waals surface area contributed by atoms with Gasteiger partial charge in [0.2, 0.25) is 28.9 Å². The molecule has 7 aromatic carbocycles. The first-order valence-corrected chi connectivity index (χ1v) is 43.8. The topological polar surface area (TPSA) is 287 Å². The number of halogens is 4. The number of carbonyl (C=O) groups excluding carboxylic acids is 5. The highest BCUT2D eigenvalue weighted by Crippen LogP contribution is 2.52. The van der Waals surface area contributed by atoms with E-state index < -0.39 is 45.5 Å². The molecule has 0 spiro atoms. The van der Waals surface area contributed by atoms with Crippen molar-refractivity contribution < 1.29 is 71.8 Å². The Morgan fingerprint density at radius 1 is 0.455 bits per heavy atom. The van der Waals surface area contributed by atoms with E-state index in [0.29, 0.717) is 129 Å². The fourth-order valence-electron chi connectivity index (χ4n) is 17.3. The molecule has 5 N–H and O–H groups in total. The molecule has 5 fully saturated rings. The number of furan rings is 1. The number of aryl methyl sites for hydroxylation is 5. The Bertz CT molecular complexity index is 6550. The van der Waals surface area contributed by atoms with Crippen molar-refractivity contribution in [2.75, 3.05) is 64.3 Å². The molecule has 30 heteroatoms. The van der Waals surface area contributed by atoms with E-state index in [2.05, 4.69) is 26.9 Å². The van der Waals surface area contributed by atoms with Gasteiger partial charge in [-0.1, -0.05) is 79.5 Å². The highest BCUT2D eigenvalue weighted by molar-refractivity contribution is 7.23. The standard InChI is InChI=1S/C20H17F3N2O2.C19H16N2O3S.C19H14N2O2S.C18H18N2O3S.C17H15ClN2O2S/c1-11-3-5-13(6-4-11)25-8-7-19(27)17(26)14-9-12(2)15(20(21,22)23)10-16(14)24-18(19)25;1-2-13-10-14-16(22)19(23)6-7-21(18(19)20-17(14)25-13)12-4-3-11-5-8-24-15(11)9-12;22-16-15-13-8-4-5-9-14(13)24-17(15)20-18-19(16,23)10-11-21(18)12-6-2-1-3-7-12;1-10-11(2)24-16-14(10)15(21)18(22)8-9-20(17(18)19-16)12-4-6-13(23-3)7-5-12;1-2-12-9-13-14(21)17(22)7-8-20(16(17)19-15(13)23-12)11-5-3-10(18)4-6-11/h3-6,9-10,27H,7-8H2,1-2H3;3-5,8-10,23H,2,6-7H2,1H3;1-9,23H,10-11H2;4-7,22H,8-9H2,1-3H3;3-6,9,22H,2,7-8H2,1H3/t3*19-;18-;17-/m11111/s1. The van der Waals surface area contributed by atoms with E-state index in [-0.39, 0.29) is 52.2 Å². The normalized spacial score (nSPS) is 22.3. The Labute approximate surface area is 724 Å². The zero-order valence-electron chi connectivity index (χ0n) is 67.5. The smallest absolute Gasteiger partial charge is 0.416 e. The summed E-state index contributed by atoms with van der Waals surface area (Å²) in [6, 6.07) is 53.5. The van der Waals surface area contributed by atoms with Crippen molar-refractivity contribution in [1.82, 2.24) is 0 Å². The molecule has 10 aliphatic heterocycles. The van der Waals surface area contributed by atoms with E-state index in [1.807, 2.05) is 199 Å². The molecular formula is C93H80ClF3N10O12S4. The molecule has 22 nitrogen and oxygen atoms in total. The number of hydrogen-bond acceptors (Lipinski definition) is 26. The molecule has 0 saturated carbocycles. The molecular weight excluding hydrogens is 1670 g/mol. The SMILES string of the molecule is CCc1cc2c(s1)N=C1N(c3ccc(Cl)cc3)CC[C@@]1(O)C2=O.CCc1cc2c(s1)N=C1N(c3ccc4ccoc4c3)CC[C@@]1(O)C2=O.COc1ccc(N2CC[C@@]3(O)C(=O)c4c(sc(C)c4C)N=C23)cc1.Cc1ccc(N2CC[C@@]3(O)C(=O)c4cc(C)c(C(F)(F)F)cc4N=C23)cc1.O=C1c2c(sc3ccccc23)N=C2N(c3ccccc3)CC[C@@]12O. The summed E-state index contributed by atoms with van der Waals surface area (Å²) >= 11 is 12.0. The van der Waals surface area contributed by atoms with E-state index in [4.69, 9.17) is 25.7 Å². The van der Waals surface area contributed by atoms with Crippen LogP contribution in [0, 0.1) is 27.7 Å². The van der Waals surface area contributed by atoms with Crippen molar-refractivity contribution in [3.05, 3.63) is 252 Å². The second-order valence-corrected chi connectivity index (χ2v) is 36.5. The minimum Gasteiger partial charge on any atom is -0.497 e. The second-order valence-electron chi connectivity index (χ2n) is 31.6. The van der Waals surface area contributed by atoms with Gasteiger partial charge in [-0.05, 0) is 173 Å². The number of benzene rings is 7. The number of ether oxygens (including phenoxy) is 1. The fraction of sp³-hybridized carbons (Fsp3) is 0.269. The molecule has 0 amide bonds. The number of Topliss-reactive ketones (excluding diaryl/α,β-unsaturated/α-hetero) is 5. The molecule has 0 aliphatic carbocycles. The molecule has 123 heavy (non-hydrogen) atoms. The predicted molar refractivity (Wildman–Crippen MR) is 479 cm³/mol. The fourth-order valence-corrected chi connectivity index (χ4v) is 21.5. The summed E-state index contributed by atoms with van der Waals surface area (Å²) < 4.78 is 51.4. The Kier molecular flexibility index (Phi) is 20.8. The lowest BCUT2D eigenvalue weighted by molar-refractivity contribution is -0.138. The summed E-state index contributed by atoms with van der Waals surface area (Å²) in [6.45, 7) is 13.8. The van der Waals surface area contributed by atoms with Crippen molar-refractivity contribution in [2.24, 2.45) is 25.0 Å². The molecule has 5 saturated heterocycles. The summed E-state index contributed by atoms with van der Waals surface area (Å²) in [5, 5.41) is 60.5. The van der Waals surface area contributed by atoms with Gasteiger partial charge in [-0.3, -0.25) is 24.0 Å². The van der Waals surface area contributed by atoms with Gasteiger partial charge in [-0.15, -0.1) is 45.3 Å². The van der Waals surface area contributed by atoms with Crippen LogP contribution in [0.2, 0.25) is 5.02 Å². The number of para-hydroxylation sites is 1. The van der Waals surface area contributed by atoms with Crippen LogP contribution in [0.25, 0.3) is 21.1 Å².